The van der Waals surface area contributed by atoms with Crippen molar-refractivity contribution in [3.05, 3.63) is 49.5 Å². The molecule has 0 spiro atoms. The van der Waals surface area contributed by atoms with Crippen molar-refractivity contribution in [3.63, 3.8) is 0 Å². The van der Waals surface area contributed by atoms with Gasteiger partial charge < -0.3 is 0 Å². The molecule has 0 saturated heterocycles. The van der Waals surface area contributed by atoms with E-state index in [1.54, 1.807) is 5.51 Å². The molecule has 1 aromatic heterocycles. The van der Waals surface area contributed by atoms with Crippen molar-refractivity contribution >= 4 is 32.5 Å². The number of alkyl halides is 1. The zero-order valence-electron chi connectivity index (χ0n) is 9.68. The van der Waals surface area contributed by atoms with Crippen molar-refractivity contribution in [1.82, 2.24) is 4.98 Å². The third-order valence-electron chi connectivity index (χ3n) is 2.04. The Labute approximate surface area is 146 Å². The molecule has 0 bridgehead atoms. The Morgan fingerprint density at radius 3 is 2.61 bits per heavy atom. The molecule has 1 radical (unpaired) electrons. The third-order valence-corrected chi connectivity index (χ3v) is 4.64. The van der Waals surface area contributed by atoms with Gasteiger partial charge in [-0.1, -0.05) is 0 Å². The molecule has 18 heavy (non-hydrogen) atoms. The molecule has 0 saturated carbocycles. The summed E-state index contributed by atoms with van der Waals surface area (Å²) in [5.41, 5.74) is 4.14. The van der Waals surface area contributed by atoms with Crippen LogP contribution in [-0.2, 0) is 32.7 Å². The molecule has 2 aromatic rings. The molecule has 0 fully saturated rings. The monoisotopic (exact) mass is 441 g/mol. The first-order chi connectivity index (χ1) is 8.31. The van der Waals surface area contributed by atoms with Crippen LogP contribution in [0.4, 0.5) is 0 Å². The average Bonchev–Trinajstić information content (AvgIpc) is 2.89. The predicted molar refractivity (Wildman–Crippen MR) is 79.3 cm³/mol. The summed E-state index contributed by atoms with van der Waals surface area (Å²) in [6, 6.07) is 8.03. The van der Waals surface area contributed by atoms with E-state index in [-0.39, 0.29) is 53.9 Å². The number of rotatable bonds is 1. The zero-order valence-corrected chi connectivity index (χ0v) is 15.7. The number of hydrogen-bond donors (Lipinski definition) is 0. The van der Waals surface area contributed by atoms with E-state index in [0.29, 0.717) is 5.56 Å². The standard InChI is InChI=1S/C13H9IN2S.Y/c1-14-12-5-10(4-11(6-12)7-15)2-3-13-8-17-9-16-13;/h4-6,8-9,14H,1H3;. The van der Waals surface area contributed by atoms with Gasteiger partial charge in [-0.25, -0.2) is 0 Å². The van der Waals surface area contributed by atoms with E-state index in [4.69, 9.17) is 5.26 Å². The van der Waals surface area contributed by atoms with Gasteiger partial charge in [0.2, 0.25) is 0 Å². The second-order valence-electron chi connectivity index (χ2n) is 3.19. The summed E-state index contributed by atoms with van der Waals surface area (Å²) >= 11 is 1.34. The van der Waals surface area contributed by atoms with E-state index in [9.17, 15) is 0 Å². The van der Waals surface area contributed by atoms with Crippen LogP contribution in [0.3, 0.4) is 0 Å². The van der Waals surface area contributed by atoms with Gasteiger partial charge in [0.15, 0.2) is 0 Å². The van der Waals surface area contributed by atoms with Crippen LogP contribution >= 0.6 is 32.5 Å². The van der Waals surface area contributed by atoms with Gasteiger partial charge in [0.05, 0.1) is 0 Å². The van der Waals surface area contributed by atoms with Crippen LogP contribution < -0.4 is 0 Å². The van der Waals surface area contributed by atoms with E-state index >= 15 is 0 Å². The fourth-order valence-corrected chi connectivity index (χ4v) is 3.15. The second-order valence-corrected chi connectivity index (χ2v) is 6.41. The van der Waals surface area contributed by atoms with Crippen molar-refractivity contribution in [2.75, 3.05) is 4.93 Å². The summed E-state index contributed by atoms with van der Waals surface area (Å²) in [5, 5.41) is 10.9. The normalized spacial score (nSPS) is 8.89. The number of hydrogen-bond acceptors (Lipinski definition) is 3. The molecular formula is C13H9IN2SY. The smallest absolute Gasteiger partial charge is 0 e. The van der Waals surface area contributed by atoms with Gasteiger partial charge in [-0.2, -0.15) is 0 Å². The average molecular weight is 441 g/mol. The Morgan fingerprint density at radius 2 is 2.00 bits per heavy atom. The molecule has 0 aliphatic rings. The molecule has 1 heterocycles. The minimum Gasteiger partial charge on any atom is 0 e. The molecule has 87 valence electrons. The van der Waals surface area contributed by atoms with Crippen molar-refractivity contribution < 1.29 is 32.7 Å². The first-order valence-electron chi connectivity index (χ1n) is 4.81. The third kappa shape index (κ3) is 4.44. The summed E-state index contributed by atoms with van der Waals surface area (Å²) < 4.78 is 1.26. The molecular weight excluding hydrogens is 432 g/mol. The Hall–Kier alpha value is -0.266. The van der Waals surface area contributed by atoms with Gasteiger partial charge >= 0.3 is 115 Å². The second kappa shape index (κ2) is 8.02. The Balaban J connectivity index is 0.00000162. The van der Waals surface area contributed by atoms with Crippen molar-refractivity contribution in [3.8, 4) is 17.9 Å². The topological polar surface area (TPSA) is 36.7 Å². The minimum absolute atomic E-state index is 0. The van der Waals surface area contributed by atoms with Gasteiger partial charge in [0.1, 0.15) is 0 Å². The van der Waals surface area contributed by atoms with Gasteiger partial charge in [-0.3, -0.25) is 0 Å². The maximum absolute atomic E-state index is 8.94. The Bertz CT molecular complexity index is 621. The van der Waals surface area contributed by atoms with E-state index in [0.717, 1.165) is 11.3 Å². The van der Waals surface area contributed by atoms with Gasteiger partial charge in [-0.15, -0.1) is 0 Å². The molecule has 0 aliphatic carbocycles. The fourth-order valence-electron chi connectivity index (χ4n) is 1.26. The maximum atomic E-state index is 8.94. The van der Waals surface area contributed by atoms with Crippen LogP contribution in [0.25, 0.3) is 0 Å². The molecule has 2 rings (SSSR count). The Kier molecular flexibility index (Phi) is 7.03. The summed E-state index contributed by atoms with van der Waals surface area (Å²) in [5.74, 6) is 6.06. The molecule has 2 nitrogen and oxygen atoms in total. The van der Waals surface area contributed by atoms with Crippen molar-refractivity contribution in [2.45, 2.75) is 0 Å². The minimum atomic E-state index is -0.188. The fraction of sp³-hybridized carbons (Fsp3) is 0.0769. The van der Waals surface area contributed by atoms with E-state index in [1.807, 2.05) is 17.5 Å². The summed E-state index contributed by atoms with van der Waals surface area (Å²) in [4.78, 5) is 6.30. The molecule has 0 amide bonds. The Morgan fingerprint density at radius 1 is 1.22 bits per heavy atom. The van der Waals surface area contributed by atoms with Crippen LogP contribution in [-0.4, -0.2) is 9.91 Å². The molecule has 0 N–H and O–H groups in total. The van der Waals surface area contributed by atoms with Crippen LogP contribution in [0, 0.1) is 26.7 Å². The number of halogens is 1. The molecule has 0 atom stereocenters. The van der Waals surface area contributed by atoms with Crippen molar-refractivity contribution in [1.29, 1.82) is 5.26 Å². The SMILES string of the molecule is C[IH]c1cc(C#N)cc(C#Cc2cscn2)c1.[Y]. The van der Waals surface area contributed by atoms with E-state index in [2.05, 4.69) is 33.9 Å². The number of nitriles is 1. The summed E-state index contributed by atoms with van der Waals surface area (Å²) in [6.45, 7) is 0. The number of benzene rings is 1. The summed E-state index contributed by atoms with van der Waals surface area (Å²) in [7, 11) is 0. The first kappa shape index (κ1) is 15.8. The quantitative estimate of drug-likeness (QED) is 0.388. The largest absolute Gasteiger partial charge is 0 e. The summed E-state index contributed by atoms with van der Waals surface area (Å²) in [6.07, 6.45) is 0. The predicted octanol–water partition coefficient (Wildman–Crippen LogP) is 2.91. The molecule has 1 aromatic carbocycles. The maximum Gasteiger partial charge on any atom is 0 e. The molecule has 5 heteroatoms. The van der Waals surface area contributed by atoms with Gasteiger partial charge in [0.25, 0.3) is 0 Å². The first-order valence-corrected chi connectivity index (χ1v) is 9.25. The van der Waals surface area contributed by atoms with Gasteiger partial charge in [-0.05, 0) is 0 Å². The van der Waals surface area contributed by atoms with E-state index in [1.165, 1.54) is 14.9 Å². The van der Waals surface area contributed by atoms with Crippen LogP contribution in [0.1, 0.15) is 16.8 Å². The van der Waals surface area contributed by atoms with Crippen LogP contribution in [0.5, 0.6) is 0 Å². The van der Waals surface area contributed by atoms with Crippen LogP contribution in [0.15, 0.2) is 29.1 Å². The van der Waals surface area contributed by atoms with Gasteiger partial charge in [0, 0.05) is 32.7 Å². The zero-order chi connectivity index (χ0) is 12.1. The van der Waals surface area contributed by atoms with Crippen molar-refractivity contribution in [2.24, 2.45) is 0 Å². The number of thiazole rings is 1. The van der Waals surface area contributed by atoms with E-state index < -0.39 is 0 Å². The molecule has 0 aliphatic heterocycles. The number of nitrogens with zero attached hydrogens (tertiary/aromatic N) is 2. The number of aromatic nitrogens is 1. The molecule has 0 unspecified atom stereocenters. The van der Waals surface area contributed by atoms with Crippen LogP contribution in [0.2, 0.25) is 0 Å².